The van der Waals surface area contributed by atoms with Crippen molar-refractivity contribution in [3.8, 4) is 0 Å². The van der Waals surface area contributed by atoms with Crippen LogP contribution < -0.4 is 15.4 Å². The second kappa shape index (κ2) is 9.33. The van der Waals surface area contributed by atoms with Gasteiger partial charge in [-0.25, -0.2) is 8.42 Å². The van der Waals surface area contributed by atoms with Crippen LogP contribution in [0.1, 0.15) is 22.3 Å². The predicted molar refractivity (Wildman–Crippen MR) is 103 cm³/mol. The van der Waals surface area contributed by atoms with E-state index in [9.17, 15) is 18.0 Å². The summed E-state index contributed by atoms with van der Waals surface area (Å²) in [5, 5.41) is 5.52. The van der Waals surface area contributed by atoms with Gasteiger partial charge in [0.25, 0.3) is 5.91 Å². The quantitative estimate of drug-likeness (QED) is 0.610. The fourth-order valence-electron chi connectivity index (χ4n) is 2.13. The van der Waals surface area contributed by atoms with E-state index >= 15 is 0 Å². The standard InChI is InChI=1S/C17H19ClN4O4S/c1-27(25,26)22-15-10-13(2-3-14(15)18)17(24)20-9-6-16(23)21-11-12-4-7-19-8-5-12/h2-5,7-8,10,22H,6,9,11H2,1H3,(H,20,24)(H,21,23). The molecule has 1 aromatic carbocycles. The summed E-state index contributed by atoms with van der Waals surface area (Å²) in [7, 11) is -3.52. The number of carbonyl (C=O) groups excluding carboxylic acids is 2. The first-order chi connectivity index (χ1) is 12.7. The van der Waals surface area contributed by atoms with Crippen molar-refractivity contribution < 1.29 is 18.0 Å². The minimum absolute atomic E-state index is 0.110. The van der Waals surface area contributed by atoms with Gasteiger partial charge in [-0.15, -0.1) is 0 Å². The zero-order valence-electron chi connectivity index (χ0n) is 14.5. The number of benzene rings is 1. The molecule has 144 valence electrons. The molecule has 10 heteroatoms. The van der Waals surface area contributed by atoms with Crippen molar-refractivity contribution in [3.05, 3.63) is 58.9 Å². The number of rotatable bonds is 8. The Morgan fingerprint density at radius 1 is 1.11 bits per heavy atom. The van der Waals surface area contributed by atoms with Crippen LogP contribution >= 0.6 is 11.6 Å². The zero-order valence-corrected chi connectivity index (χ0v) is 16.1. The topological polar surface area (TPSA) is 117 Å². The number of anilines is 1. The molecule has 2 rings (SSSR count). The third kappa shape index (κ3) is 7.24. The molecule has 3 N–H and O–H groups in total. The molecule has 2 aromatic rings. The van der Waals surface area contributed by atoms with Crippen molar-refractivity contribution in [1.29, 1.82) is 0 Å². The first-order valence-corrected chi connectivity index (χ1v) is 10.2. The maximum absolute atomic E-state index is 12.2. The van der Waals surface area contributed by atoms with E-state index < -0.39 is 15.9 Å². The van der Waals surface area contributed by atoms with Gasteiger partial charge in [-0.05, 0) is 35.9 Å². The molecule has 27 heavy (non-hydrogen) atoms. The summed E-state index contributed by atoms with van der Waals surface area (Å²) in [5.74, 6) is -0.646. The summed E-state index contributed by atoms with van der Waals surface area (Å²) in [4.78, 5) is 27.9. The molecule has 1 aromatic heterocycles. The molecule has 2 amide bonds. The third-order valence-corrected chi connectivity index (χ3v) is 4.32. The van der Waals surface area contributed by atoms with Gasteiger partial charge in [-0.3, -0.25) is 19.3 Å². The van der Waals surface area contributed by atoms with Crippen LogP contribution in [-0.4, -0.2) is 38.0 Å². The van der Waals surface area contributed by atoms with Gasteiger partial charge in [0.2, 0.25) is 15.9 Å². The molecule has 0 aliphatic heterocycles. The van der Waals surface area contributed by atoms with Gasteiger partial charge in [-0.1, -0.05) is 11.6 Å². The number of halogens is 1. The van der Waals surface area contributed by atoms with Crippen molar-refractivity contribution in [2.24, 2.45) is 0 Å². The Kier molecular flexibility index (Phi) is 7.14. The van der Waals surface area contributed by atoms with Crippen molar-refractivity contribution in [2.45, 2.75) is 13.0 Å². The number of nitrogens with one attached hydrogen (secondary N) is 3. The van der Waals surface area contributed by atoms with Crippen LogP contribution in [0.2, 0.25) is 5.02 Å². The molecule has 0 bridgehead atoms. The molecule has 0 aliphatic carbocycles. The van der Waals surface area contributed by atoms with E-state index in [0.29, 0.717) is 6.54 Å². The average Bonchev–Trinajstić information content (AvgIpc) is 2.61. The Hall–Kier alpha value is -2.65. The lowest BCUT2D eigenvalue weighted by Gasteiger charge is -2.10. The molecule has 8 nitrogen and oxygen atoms in total. The van der Waals surface area contributed by atoms with Crippen LogP contribution in [0.5, 0.6) is 0 Å². The monoisotopic (exact) mass is 410 g/mol. The highest BCUT2D eigenvalue weighted by Gasteiger charge is 2.12. The number of pyridine rings is 1. The Morgan fingerprint density at radius 3 is 2.48 bits per heavy atom. The van der Waals surface area contributed by atoms with Crippen LogP contribution in [0.4, 0.5) is 5.69 Å². The molecule has 0 saturated heterocycles. The minimum Gasteiger partial charge on any atom is -0.352 e. The van der Waals surface area contributed by atoms with Crippen molar-refractivity contribution >= 4 is 39.1 Å². The van der Waals surface area contributed by atoms with E-state index in [1.807, 2.05) is 0 Å². The van der Waals surface area contributed by atoms with Crippen molar-refractivity contribution in [3.63, 3.8) is 0 Å². The summed E-state index contributed by atoms with van der Waals surface area (Å²) >= 11 is 5.92. The fraction of sp³-hybridized carbons (Fsp3) is 0.235. The smallest absolute Gasteiger partial charge is 0.251 e. The van der Waals surface area contributed by atoms with Gasteiger partial charge in [-0.2, -0.15) is 0 Å². The molecule has 0 radical (unpaired) electrons. The van der Waals surface area contributed by atoms with Gasteiger partial charge in [0, 0.05) is 37.5 Å². The van der Waals surface area contributed by atoms with Gasteiger partial charge in [0.05, 0.1) is 17.0 Å². The van der Waals surface area contributed by atoms with Crippen molar-refractivity contribution in [1.82, 2.24) is 15.6 Å². The minimum atomic E-state index is -3.52. The number of amides is 2. The predicted octanol–water partition coefficient (Wildman–Crippen LogP) is 1.54. The average molecular weight is 411 g/mol. The number of hydrogen-bond donors (Lipinski definition) is 3. The lowest BCUT2D eigenvalue weighted by Crippen LogP contribution is -2.30. The van der Waals surface area contributed by atoms with Crippen LogP contribution in [0, 0.1) is 0 Å². The van der Waals surface area contributed by atoms with Crippen LogP contribution in [0.3, 0.4) is 0 Å². The van der Waals surface area contributed by atoms with Gasteiger partial charge < -0.3 is 10.6 Å². The lowest BCUT2D eigenvalue weighted by atomic mass is 10.2. The second-order valence-corrected chi connectivity index (χ2v) is 7.86. The molecule has 0 saturated carbocycles. The van der Waals surface area contributed by atoms with Gasteiger partial charge in [0.1, 0.15) is 0 Å². The Morgan fingerprint density at radius 2 is 1.81 bits per heavy atom. The van der Waals surface area contributed by atoms with E-state index in [-0.39, 0.29) is 35.1 Å². The van der Waals surface area contributed by atoms with E-state index in [1.165, 1.54) is 18.2 Å². The second-order valence-electron chi connectivity index (χ2n) is 5.71. The van der Waals surface area contributed by atoms with Crippen LogP contribution in [0.25, 0.3) is 0 Å². The third-order valence-electron chi connectivity index (χ3n) is 3.40. The Bertz CT molecular complexity index is 920. The van der Waals surface area contributed by atoms with Gasteiger partial charge >= 0.3 is 0 Å². The Balaban J connectivity index is 1.83. The molecule has 1 heterocycles. The molecule has 0 unspecified atom stereocenters. The molecule has 0 atom stereocenters. The number of hydrogen-bond acceptors (Lipinski definition) is 5. The summed E-state index contributed by atoms with van der Waals surface area (Å²) < 4.78 is 24.9. The van der Waals surface area contributed by atoms with Crippen molar-refractivity contribution in [2.75, 3.05) is 17.5 Å². The maximum Gasteiger partial charge on any atom is 0.251 e. The maximum atomic E-state index is 12.2. The van der Waals surface area contributed by atoms with E-state index in [1.54, 1.807) is 24.5 Å². The highest BCUT2D eigenvalue weighted by Crippen LogP contribution is 2.23. The zero-order chi connectivity index (χ0) is 19.9. The number of aromatic nitrogens is 1. The fourth-order valence-corrected chi connectivity index (χ4v) is 2.91. The van der Waals surface area contributed by atoms with Gasteiger partial charge in [0.15, 0.2) is 0 Å². The van der Waals surface area contributed by atoms with E-state index in [4.69, 9.17) is 11.6 Å². The number of sulfonamides is 1. The van der Waals surface area contributed by atoms with Crippen LogP contribution in [-0.2, 0) is 21.4 Å². The summed E-state index contributed by atoms with van der Waals surface area (Å²) in [6.07, 6.45) is 4.38. The first kappa shape index (κ1) is 20.7. The summed E-state index contributed by atoms with van der Waals surface area (Å²) in [5.41, 5.74) is 1.26. The lowest BCUT2D eigenvalue weighted by molar-refractivity contribution is -0.121. The first-order valence-electron chi connectivity index (χ1n) is 7.96. The molecule has 0 fully saturated rings. The largest absolute Gasteiger partial charge is 0.352 e. The normalized spacial score (nSPS) is 10.9. The number of carbonyl (C=O) groups is 2. The molecular formula is C17H19ClN4O4S. The summed E-state index contributed by atoms with van der Waals surface area (Å²) in [6, 6.07) is 7.82. The van der Waals surface area contributed by atoms with Crippen LogP contribution in [0.15, 0.2) is 42.7 Å². The highest BCUT2D eigenvalue weighted by molar-refractivity contribution is 7.92. The number of nitrogens with zero attached hydrogens (tertiary/aromatic N) is 1. The Labute approximate surface area is 162 Å². The SMILES string of the molecule is CS(=O)(=O)Nc1cc(C(=O)NCCC(=O)NCc2ccncc2)ccc1Cl. The van der Waals surface area contributed by atoms with E-state index in [0.717, 1.165) is 11.8 Å². The summed E-state index contributed by atoms with van der Waals surface area (Å²) in [6.45, 7) is 0.519. The highest BCUT2D eigenvalue weighted by atomic mass is 35.5. The molecular weight excluding hydrogens is 392 g/mol. The molecule has 0 aliphatic rings. The molecule has 0 spiro atoms. The van der Waals surface area contributed by atoms with E-state index in [2.05, 4.69) is 20.3 Å².